The molecule has 178 valence electrons. The van der Waals surface area contributed by atoms with Gasteiger partial charge >= 0.3 is 0 Å². The van der Waals surface area contributed by atoms with E-state index in [0.29, 0.717) is 22.8 Å². The predicted molar refractivity (Wildman–Crippen MR) is 133 cm³/mol. The van der Waals surface area contributed by atoms with E-state index in [1.165, 1.54) is 38.3 Å². The fourth-order valence-electron chi connectivity index (χ4n) is 3.37. The molecule has 2 N–H and O–H groups in total. The van der Waals surface area contributed by atoms with Gasteiger partial charge in [-0.2, -0.15) is 0 Å². The molecule has 2 amide bonds. The van der Waals surface area contributed by atoms with Crippen LogP contribution in [0.5, 0.6) is 5.75 Å². The van der Waals surface area contributed by atoms with Crippen molar-refractivity contribution in [2.75, 3.05) is 28.6 Å². The van der Waals surface area contributed by atoms with E-state index in [0.717, 1.165) is 16.3 Å². The van der Waals surface area contributed by atoms with Crippen LogP contribution < -0.4 is 19.7 Å². The molecular formula is C25H27N3O5S. The zero-order valence-corrected chi connectivity index (χ0v) is 20.1. The molecule has 3 aromatic carbocycles. The number of sulfonamides is 1. The summed E-state index contributed by atoms with van der Waals surface area (Å²) in [4.78, 5) is 24.2. The van der Waals surface area contributed by atoms with E-state index in [2.05, 4.69) is 10.6 Å². The second kappa shape index (κ2) is 10.8. The molecule has 3 aromatic rings. The molecule has 0 aliphatic carbocycles. The number of hydrogen-bond donors (Lipinski definition) is 2. The number of carbonyl (C=O) groups is 2. The summed E-state index contributed by atoms with van der Waals surface area (Å²) >= 11 is 0. The number of methoxy groups -OCH3 is 1. The van der Waals surface area contributed by atoms with Crippen LogP contribution in [0.1, 0.15) is 19.4 Å². The van der Waals surface area contributed by atoms with Crippen LogP contribution in [0, 0.1) is 0 Å². The minimum absolute atomic E-state index is 0.0146. The number of nitrogens with one attached hydrogen (secondary N) is 2. The second-order valence-corrected chi connectivity index (χ2v) is 9.34. The highest BCUT2D eigenvalue weighted by Crippen LogP contribution is 2.27. The second-order valence-electron chi connectivity index (χ2n) is 7.47. The first-order chi connectivity index (χ1) is 16.2. The molecule has 0 fully saturated rings. The van der Waals surface area contributed by atoms with Gasteiger partial charge in [-0.15, -0.1) is 0 Å². The van der Waals surface area contributed by atoms with Crippen molar-refractivity contribution >= 4 is 38.9 Å². The molecule has 0 unspecified atom stereocenters. The van der Waals surface area contributed by atoms with Gasteiger partial charge in [-0.25, -0.2) is 8.42 Å². The molecule has 0 atom stereocenters. The van der Waals surface area contributed by atoms with Crippen LogP contribution in [0.4, 0.5) is 17.1 Å². The lowest BCUT2D eigenvalue weighted by atomic mass is 10.1. The van der Waals surface area contributed by atoms with E-state index in [1.807, 2.05) is 25.1 Å². The lowest BCUT2D eigenvalue weighted by molar-refractivity contribution is -0.115. The van der Waals surface area contributed by atoms with E-state index in [-0.39, 0.29) is 10.8 Å². The predicted octanol–water partition coefficient (Wildman–Crippen LogP) is 4.05. The number of rotatable bonds is 9. The first-order valence-corrected chi connectivity index (χ1v) is 12.1. The van der Waals surface area contributed by atoms with E-state index in [1.54, 1.807) is 30.3 Å². The van der Waals surface area contributed by atoms with Crippen molar-refractivity contribution in [3.05, 3.63) is 78.4 Å². The molecule has 0 radical (unpaired) electrons. The monoisotopic (exact) mass is 481 g/mol. The summed E-state index contributed by atoms with van der Waals surface area (Å²) in [5.74, 6) is -0.184. The topological polar surface area (TPSA) is 105 Å². The fraction of sp³-hybridized carbons (Fsp3) is 0.200. The largest absolute Gasteiger partial charge is 0.497 e. The molecule has 0 aliphatic rings. The van der Waals surface area contributed by atoms with Crippen molar-refractivity contribution in [2.45, 2.75) is 25.2 Å². The number of nitrogens with zero attached hydrogens (tertiary/aromatic N) is 1. The molecule has 3 rings (SSSR count). The van der Waals surface area contributed by atoms with Gasteiger partial charge < -0.3 is 15.4 Å². The SMILES string of the molecule is CCc1ccccc1NC(=O)CN(c1ccc(OC)cc1)S(=O)(=O)c1ccc(NC(C)=O)cc1. The van der Waals surface area contributed by atoms with Crippen molar-refractivity contribution in [3.63, 3.8) is 0 Å². The molecule has 0 saturated carbocycles. The van der Waals surface area contributed by atoms with Gasteiger partial charge in [0, 0.05) is 18.3 Å². The van der Waals surface area contributed by atoms with Crippen LogP contribution in [-0.2, 0) is 26.0 Å². The third-order valence-electron chi connectivity index (χ3n) is 5.08. The number of ether oxygens (including phenoxy) is 1. The highest BCUT2D eigenvalue weighted by molar-refractivity contribution is 7.92. The van der Waals surface area contributed by atoms with Crippen LogP contribution >= 0.6 is 0 Å². The van der Waals surface area contributed by atoms with E-state index in [4.69, 9.17) is 4.74 Å². The highest BCUT2D eigenvalue weighted by Gasteiger charge is 2.27. The minimum Gasteiger partial charge on any atom is -0.497 e. The van der Waals surface area contributed by atoms with Crippen molar-refractivity contribution in [1.29, 1.82) is 0 Å². The molecule has 0 saturated heterocycles. The van der Waals surface area contributed by atoms with Crippen LogP contribution in [0.25, 0.3) is 0 Å². The molecule has 0 bridgehead atoms. The summed E-state index contributed by atoms with van der Waals surface area (Å²) in [5, 5.41) is 5.42. The number of anilines is 3. The number of amides is 2. The van der Waals surface area contributed by atoms with Crippen molar-refractivity contribution in [1.82, 2.24) is 0 Å². The Kier molecular flexibility index (Phi) is 7.91. The third-order valence-corrected chi connectivity index (χ3v) is 6.87. The number of para-hydroxylation sites is 1. The molecule has 8 nitrogen and oxygen atoms in total. The van der Waals surface area contributed by atoms with Crippen LogP contribution in [0.15, 0.2) is 77.7 Å². The van der Waals surface area contributed by atoms with Gasteiger partial charge in [0.15, 0.2) is 0 Å². The Bertz CT molecular complexity index is 1260. The smallest absolute Gasteiger partial charge is 0.264 e. The first kappa shape index (κ1) is 24.8. The van der Waals surface area contributed by atoms with Crippen molar-refractivity contribution < 1.29 is 22.7 Å². The van der Waals surface area contributed by atoms with Gasteiger partial charge in [0.2, 0.25) is 11.8 Å². The number of carbonyl (C=O) groups excluding carboxylic acids is 2. The molecule has 0 aromatic heterocycles. The quantitative estimate of drug-likeness (QED) is 0.480. The Morgan fingerprint density at radius 3 is 2.15 bits per heavy atom. The maximum Gasteiger partial charge on any atom is 0.264 e. The average Bonchev–Trinajstić information content (AvgIpc) is 2.83. The van der Waals surface area contributed by atoms with Gasteiger partial charge in [-0.3, -0.25) is 13.9 Å². The fourth-order valence-corrected chi connectivity index (χ4v) is 4.80. The maximum atomic E-state index is 13.6. The lowest BCUT2D eigenvalue weighted by Gasteiger charge is -2.24. The zero-order chi connectivity index (χ0) is 24.7. The standard InChI is InChI=1S/C25H27N3O5S/c1-4-19-7-5-6-8-24(19)27-25(30)17-28(21-11-13-22(33-3)14-12-21)34(31,32)23-15-9-20(10-16-23)26-18(2)29/h5-16H,4,17H2,1-3H3,(H,26,29)(H,27,30). The molecule has 0 spiro atoms. The molecule has 0 heterocycles. The van der Waals surface area contributed by atoms with Crippen molar-refractivity contribution in [3.8, 4) is 5.75 Å². The Morgan fingerprint density at radius 2 is 1.56 bits per heavy atom. The number of hydrogen-bond acceptors (Lipinski definition) is 5. The minimum atomic E-state index is -4.10. The Hall–Kier alpha value is -3.85. The summed E-state index contributed by atoms with van der Waals surface area (Å²) in [7, 11) is -2.59. The third kappa shape index (κ3) is 5.93. The first-order valence-electron chi connectivity index (χ1n) is 10.7. The van der Waals surface area contributed by atoms with E-state index >= 15 is 0 Å². The summed E-state index contributed by atoms with van der Waals surface area (Å²) in [6, 6.07) is 19.6. The zero-order valence-electron chi connectivity index (χ0n) is 19.2. The van der Waals surface area contributed by atoms with Gasteiger partial charge in [0.05, 0.1) is 17.7 Å². The van der Waals surface area contributed by atoms with Crippen LogP contribution in [0.3, 0.4) is 0 Å². The van der Waals surface area contributed by atoms with E-state index in [9.17, 15) is 18.0 Å². The van der Waals surface area contributed by atoms with Gasteiger partial charge in [0.1, 0.15) is 12.3 Å². The Morgan fingerprint density at radius 1 is 0.912 bits per heavy atom. The Balaban J connectivity index is 1.94. The van der Waals surface area contributed by atoms with Crippen LogP contribution in [-0.4, -0.2) is 33.9 Å². The molecule has 34 heavy (non-hydrogen) atoms. The van der Waals surface area contributed by atoms with Gasteiger partial charge in [-0.1, -0.05) is 25.1 Å². The maximum absolute atomic E-state index is 13.6. The highest BCUT2D eigenvalue weighted by atomic mass is 32.2. The lowest BCUT2D eigenvalue weighted by Crippen LogP contribution is -2.38. The molecule has 0 aliphatic heterocycles. The summed E-state index contributed by atoms with van der Waals surface area (Å²) in [6.07, 6.45) is 0.720. The average molecular weight is 482 g/mol. The van der Waals surface area contributed by atoms with Crippen molar-refractivity contribution in [2.24, 2.45) is 0 Å². The number of benzene rings is 3. The normalized spacial score (nSPS) is 10.9. The summed E-state index contributed by atoms with van der Waals surface area (Å²) < 4.78 is 33.3. The van der Waals surface area contributed by atoms with Gasteiger partial charge in [-0.05, 0) is 66.6 Å². The Labute approximate surface area is 199 Å². The molecule has 9 heteroatoms. The van der Waals surface area contributed by atoms with Gasteiger partial charge in [0.25, 0.3) is 10.0 Å². The number of aryl methyl sites for hydroxylation is 1. The van der Waals surface area contributed by atoms with Crippen LogP contribution in [0.2, 0.25) is 0 Å². The molecular weight excluding hydrogens is 454 g/mol. The summed E-state index contributed by atoms with van der Waals surface area (Å²) in [6.45, 7) is 2.91. The van der Waals surface area contributed by atoms with E-state index < -0.39 is 22.5 Å². The summed E-state index contributed by atoms with van der Waals surface area (Å²) in [5.41, 5.74) is 2.37.